The monoisotopic (exact) mass is 308 g/mol. The molecule has 1 aliphatic heterocycles. The maximum Gasteiger partial charge on any atom is 0.410 e. The van der Waals surface area contributed by atoms with Crippen LogP contribution in [0.15, 0.2) is 22.8 Å². The van der Waals surface area contributed by atoms with Gasteiger partial charge in [0.25, 0.3) is 0 Å². The average Bonchev–Trinajstić information content (AvgIpc) is 3.06. The molecule has 5 nitrogen and oxygen atoms in total. The van der Waals surface area contributed by atoms with Crippen molar-refractivity contribution in [2.45, 2.75) is 58.2 Å². The fraction of sp³-hybridized carbons (Fsp3) is 0.706. The van der Waals surface area contributed by atoms with Gasteiger partial charge in [0.1, 0.15) is 11.4 Å². The van der Waals surface area contributed by atoms with E-state index in [1.807, 2.05) is 37.8 Å². The molecule has 124 valence electrons. The van der Waals surface area contributed by atoms with Crippen LogP contribution in [0.5, 0.6) is 0 Å². The van der Waals surface area contributed by atoms with Crippen molar-refractivity contribution in [2.24, 2.45) is 0 Å². The van der Waals surface area contributed by atoms with E-state index < -0.39 is 5.60 Å². The first-order valence-electron chi connectivity index (χ1n) is 8.01. The number of rotatable bonds is 4. The van der Waals surface area contributed by atoms with Gasteiger partial charge in [0.05, 0.1) is 12.3 Å². The molecular formula is C17H28N2O3. The molecule has 0 unspecified atom stereocenters. The van der Waals surface area contributed by atoms with E-state index in [0.717, 1.165) is 31.7 Å². The van der Waals surface area contributed by atoms with Crippen LogP contribution in [0.4, 0.5) is 4.79 Å². The summed E-state index contributed by atoms with van der Waals surface area (Å²) in [7, 11) is 2.07. The Morgan fingerprint density at radius 3 is 2.86 bits per heavy atom. The first-order chi connectivity index (χ1) is 10.3. The number of hydrogen-bond donors (Lipinski definition) is 0. The summed E-state index contributed by atoms with van der Waals surface area (Å²) in [5, 5.41) is 0. The van der Waals surface area contributed by atoms with Crippen molar-refractivity contribution in [2.75, 3.05) is 20.1 Å². The summed E-state index contributed by atoms with van der Waals surface area (Å²) in [6, 6.07) is 4.29. The number of hydrogen-bond acceptors (Lipinski definition) is 4. The number of carbonyl (C=O) groups excluding carboxylic acids is 1. The second kappa shape index (κ2) is 6.73. The van der Waals surface area contributed by atoms with Crippen LogP contribution < -0.4 is 0 Å². The molecule has 22 heavy (non-hydrogen) atoms. The van der Waals surface area contributed by atoms with Gasteiger partial charge in [0, 0.05) is 19.1 Å². The number of amides is 1. The summed E-state index contributed by atoms with van der Waals surface area (Å²) in [4.78, 5) is 16.4. The van der Waals surface area contributed by atoms with E-state index in [-0.39, 0.29) is 18.2 Å². The predicted octanol–water partition coefficient (Wildman–Crippen LogP) is 3.67. The molecule has 0 N–H and O–H groups in total. The highest BCUT2D eigenvalue weighted by molar-refractivity contribution is 5.69. The first kappa shape index (κ1) is 16.9. The van der Waals surface area contributed by atoms with Crippen LogP contribution in [-0.4, -0.2) is 47.7 Å². The Morgan fingerprint density at radius 2 is 2.27 bits per heavy atom. The van der Waals surface area contributed by atoms with Gasteiger partial charge >= 0.3 is 6.09 Å². The number of furan rings is 1. The second-order valence-electron chi connectivity index (χ2n) is 7.10. The van der Waals surface area contributed by atoms with Gasteiger partial charge in [-0.1, -0.05) is 0 Å². The van der Waals surface area contributed by atoms with Crippen molar-refractivity contribution in [3.8, 4) is 0 Å². The van der Waals surface area contributed by atoms with E-state index in [0.29, 0.717) is 0 Å². The Kier molecular flexibility index (Phi) is 5.16. The third-order valence-corrected chi connectivity index (χ3v) is 4.12. The van der Waals surface area contributed by atoms with Crippen LogP contribution in [0.3, 0.4) is 0 Å². The molecule has 0 aliphatic carbocycles. The molecule has 5 heteroatoms. The molecule has 1 fully saturated rings. The molecule has 2 rings (SSSR count). The maximum absolute atomic E-state index is 12.3. The van der Waals surface area contributed by atoms with Crippen molar-refractivity contribution in [3.63, 3.8) is 0 Å². The van der Waals surface area contributed by atoms with E-state index in [1.165, 1.54) is 0 Å². The number of likely N-dealkylation sites (N-methyl/N-ethyl adjacent to an activating group) is 1. The number of likely N-dealkylation sites (tertiary alicyclic amines) is 1. The summed E-state index contributed by atoms with van der Waals surface area (Å²) in [5.74, 6) is 0.948. The number of carbonyl (C=O) groups is 1. The van der Waals surface area contributed by atoms with Gasteiger partial charge < -0.3 is 14.1 Å². The van der Waals surface area contributed by atoms with Crippen molar-refractivity contribution in [1.29, 1.82) is 0 Å². The molecule has 0 bridgehead atoms. The number of nitrogens with zero attached hydrogens (tertiary/aromatic N) is 2. The highest BCUT2D eigenvalue weighted by atomic mass is 16.6. The van der Waals surface area contributed by atoms with E-state index in [4.69, 9.17) is 9.15 Å². The molecule has 1 saturated heterocycles. The zero-order valence-corrected chi connectivity index (χ0v) is 14.3. The molecule has 2 heterocycles. The lowest BCUT2D eigenvalue weighted by atomic mass is 10.1. The fourth-order valence-electron chi connectivity index (χ4n) is 2.82. The van der Waals surface area contributed by atoms with E-state index >= 15 is 0 Å². The van der Waals surface area contributed by atoms with Crippen LogP contribution in [-0.2, 0) is 4.74 Å². The molecule has 2 atom stereocenters. The Bertz CT molecular complexity index is 479. The van der Waals surface area contributed by atoms with Crippen molar-refractivity contribution in [3.05, 3.63) is 24.2 Å². The minimum Gasteiger partial charge on any atom is -0.468 e. The molecule has 1 amide bonds. The normalized spacial score (nSPS) is 20.5. The largest absolute Gasteiger partial charge is 0.468 e. The van der Waals surface area contributed by atoms with Crippen LogP contribution >= 0.6 is 0 Å². The van der Waals surface area contributed by atoms with Gasteiger partial charge in [-0.05, 0) is 59.7 Å². The quantitative estimate of drug-likeness (QED) is 0.851. The van der Waals surface area contributed by atoms with Crippen LogP contribution in [0.25, 0.3) is 0 Å². The van der Waals surface area contributed by atoms with Gasteiger partial charge in [-0.25, -0.2) is 4.79 Å². The van der Waals surface area contributed by atoms with Crippen molar-refractivity contribution < 1.29 is 13.9 Å². The Morgan fingerprint density at radius 1 is 1.55 bits per heavy atom. The topological polar surface area (TPSA) is 45.9 Å². The highest BCUT2D eigenvalue weighted by Gasteiger charge is 2.33. The summed E-state index contributed by atoms with van der Waals surface area (Å²) in [5.41, 5.74) is -0.447. The zero-order valence-electron chi connectivity index (χ0n) is 14.3. The standard InChI is InChI=1S/C17H28N2O3/c1-13(15-9-7-11-21-15)18(5)12-14-8-6-10-19(14)16(20)22-17(2,3)4/h7,9,11,13-14H,6,8,10,12H2,1-5H3/t13-,14-/m1/s1. The Hall–Kier alpha value is -1.49. The predicted molar refractivity (Wildman–Crippen MR) is 85.7 cm³/mol. The minimum atomic E-state index is -0.447. The van der Waals surface area contributed by atoms with E-state index in [2.05, 4.69) is 18.9 Å². The third kappa shape index (κ3) is 4.26. The van der Waals surface area contributed by atoms with Crippen LogP contribution in [0.1, 0.15) is 52.3 Å². The van der Waals surface area contributed by atoms with Crippen molar-refractivity contribution in [1.82, 2.24) is 9.80 Å². The Balaban J connectivity index is 1.94. The third-order valence-electron chi connectivity index (χ3n) is 4.12. The van der Waals surface area contributed by atoms with E-state index in [9.17, 15) is 4.79 Å². The lowest BCUT2D eigenvalue weighted by molar-refractivity contribution is 0.0191. The lowest BCUT2D eigenvalue weighted by Gasteiger charge is -2.32. The average molecular weight is 308 g/mol. The molecule has 1 aromatic heterocycles. The Labute approximate surface area is 133 Å². The molecule has 0 radical (unpaired) electrons. The van der Waals surface area contributed by atoms with Gasteiger partial charge in [0.15, 0.2) is 0 Å². The SMILES string of the molecule is C[C@H](c1ccco1)N(C)C[C@H]1CCCN1C(=O)OC(C)(C)C. The van der Waals surface area contributed by atoms with Gasteiger partial charge in [-0.2, -0.15) is 0 Å². The molecule has 0 spiro atoms. The molecule has 0 aromatic carbocycles. The molecule has 1 aromatic rings. The number of ether oxygens (including phenoxy) is 1. The zero-order chi connectivity index (χ0) is 16.3. The minimum absolute atomic E-state index is 0.191. The first-order valence-corrected chi connectivity index (χ1v) is 8.01. The maximum atomic E-state index is 12.3. The highest BCUT2D eigenvalue weighted by Crippen LogP contribution is 2.25. The summed E-state index contributed by atoms with van der Waals surface area (Å²) < 4.78 is 11.0. The van der Waals surface area contributed by atoms with Crippen LogP contribution in [0, 0.1) is 0 Å². The lowest BCUT2D eigenvalue weighted by Crippen LogP contribution is -2.44. The van der Waals surface area contributed by atoms with Gasteiger partial charge in [-0.15, -0.1) is 0 Å². The summed E-state index contributed by atoms with van der Waals surface area (Å²) in [6.45, 7) is 9.43. The van der Waals surface area contributed by atoms with Gasteiger partial charge in [0.2, 0.25) is 0 Å². The summed E-state index contributed by atoms with van der Waals surface area (Å²) in [6.07, 6.45) is 3.55. The fourth-order valence-corrected chi connectivity index (χ4v) is 2.82. The molecule has 1 aliphatic rings. The smallest absolute Gasteiger partial charge is 0.410 e. The van der Waals surface area contributed by atoms with Gasteiger partial charge in [-0.3, -0.25) is 4.90 Å². The molecule has 0 saturated carbocycles. The second-order valence-corrected chi connectivity index (χ2v) is 7.10. The van der Waals surface area contributed by atoms with E-state index in [1.54, 1.807) is 6.26 Å². The van der Waals surface area contributed by atoms with Crippen LogP contribution in [0.2, 0.25) is 0 Å². The summed E-state index contributed by atoms with van der Waals surface area (Å²) >= 11 is 0. The molecular weight excluding hydrogens is 280 g/mol. The van der Waals surface area contributed by atoms with Crippen molar-refractivity contribution >= 4 is 6.09 Å².